The fourth-order valence-corrected chi connectivity index (χ4v) is 7.83. The minimum absolute atomic E-state index is 0.157. The Morgan fingerprint density at radius 1 is 0.852 bits per heavy atom. The van der Waals surface area contributed by atoms with Crippen molar-refractivity contribution in [2.24, 2.45) is 22.5 Å². The standard InChI is InChI=1S/C21H15ClFN3O4.C20H22N4O3.C20H22N2O2/c1-13(19-26-28-11-10-27-19)14-6-2-4-8-16(14)29-20-18(23)21(25-12-24-20)30-17-9-5-3-7-15(17)22;1-14-8-7-10-16(12-14)15(2)22-27-13-17-9-5-6-11-18(17)24-19(26-4)21-23(3)20(24)25;1-14-8-7-10-17(12-14)16(3)24-22-13-18-9-5-6-11-19(18)15(2)20(23)21-4/h2-9,12H,1,10-11H2;5-12H,13H2,1-4H3;5-13,16H,2H2,1,3-4H3,(H,21,23)/b;22-15+;22-13+. The van der Waals surface area contributed by atoms with E-state index < -0.39 is 5.82 Å². The van der Waals surface area contributed by atoms with E-state index in [0.29, 0.717) is 46.4 Å². The van der Waals surface area contributed by atoms with Crippen molar-refractivity contribution in [3.63, 3.8) is 0 Å². The van der Waals surface area contributed by atoms with Crippen LogP contribution in [0.25, 0.3) is 16.8 Å². The zero-order chi connectivity index (χ0) is 57.8. The summed E-state index contributed by atoms with van der Waals surface area (Å²) in [5.74, 6) is -0.974. The van der Waals surface area contributed by atoms with Gasteiger partial charge in [0, 0.05) is 41.9 Å². The molecule has 18 nitrogen and oxygen atoms in total. The molecule has 9 rings (SSSR count). The van der Waals surface area contributed by atoms with Crippen LogP contribution < -0.4 is 25.2 Å². The van der Waals surface area contributed by atoms with Crippen molar-refractivity contribution in [3.8, 4) is 35.0 Å². The highest BCUT2D eigenvalue weighted by atomic mass is 35.5. The summed E-state index contributed by atoms with van der Waals surface area (Å²) in [6.07, 6.45) is 2.58. The third-order valence-electron chi connectivity index (χ3n) is 11.9. The summed E-state index contributed by atoms with van der Waals surface area (Å²) < 4.78 is 39.5. The van der Waals surface area contributed by atoms with Gasteiger partial charge in [-0.25, -0.2) is 14.0 Å². The summed E-state index contributed by atoms with van der Waals surface area (Å²) in [6.45, 7) is 16.7. The average Bonchev–Trinajstić information content (AvgIpc) is 3.81. The molecule has 0 saturated heterocycles. The Hall–Kier alpha value is -9.88. The summed E-state index contributed by atoms with van der Waals surface area (Å²) in [5, 5.41) is 19.1. The molecular weight excluding hydrogens is 1060 g/mol. The van der Waals surface area contributed by atoms with Gasteiger partial charge in [-0.3, -0.25) is 4.79 Å². The molecule has 81 heavy (non-hydrogen) atoms. The van der Waals surface area contributed by atoms with Gasteiger partial charge in [-0.2, -0.15) is 14.4 Å². The van der Waals surface area contributed by atoms with Crippen molar-refractivity contribution >= 4 is 46.5 Å². The lowest BCUT2D eigenvalue weighted by molar-refractivity contribution is -0.115. The van der Waals surface area contributed by atoms with Gasteiger partial charge in [0.1, 0.15) is 37.1 Å². The van der Waals surface area contributed by atoms with Crippen LogP contribution in [0.5, 0.6) is 29.3 Å². The van der Waals surface area contributed by atoms with E-state index in [1.165, 1.54) is 21.9 Å². The lowest BCUT2D eigenvalue weighted by Crippen LogP contribution is -2.22. The first-order chi connectivity index (χ1) is 39.2. The fraction of sp³-hybridized carbons (Fsp3) is 0.180. The molecule has 0 fully saturated rings. The predicted molar refractivity (Wildman–Crippen MR) is 310 cm³/mol. The van der Waals surface area contributed by atoms with E-state index in [9.17, 15) is 14.0 Å². The van der Waals surface area contributed by atoms with Gasteiger partial charge < -0.3 is 38.8 Å². The van der Waals surface area contributed by atoms with Crippen molar-refractivity contribution in [2.45, 2.75) is 40.4 Å². The van der Waals surface area contributed by atoms with Crippen molar-refractivity contribution in [2.75, 3.05) is 27.4 Å². The summed E-state index contributed by atoms with van der Waals surface area (Å²) >= 11 is 6.06. The number of oxime groups is 3. The molecule has 3 heterocycles. The van der Waals surface area contributed by atoms with E-state index in [2.05, 4.69) is 61.1 Å². The van der Waals surface area contributed by atoms with E-state index in [-0.39, 0.29) is 53.7 Å². The first-order valence-electron chi connectivity index (χ1n) is 25.2. The van der Waals surface area contributed by atoms with Gasteiger partial charge in [0.2, 0.25) is 5.82 Å². The van der Waals surface area contributed by atoms with E-state index in [0.717, 1.165) is 45.4 Å². The quantitative estimate of drug-likeness (QED) is 0.0486. The second kappa shape index (κ2) is 28.7. The highest BCUT2D eigenvalue weighted by Gasteiger charge is 2.22. The van der Waals surface area contributed by atoms with Crippen LogP contribution >= 0.6 is 11.6 Å². The van der Waals surface area contributed by atoms with Crippen molar-refractivity contribution in [1.29, 1.82) is 0 Å². The molecule has 1 unspecified atom stereocenters. The van der Waals surface area contributed by atoms with Crippen molar-refractivity contribution in [3.05, 3.63) is 231 Å². The molecule has 0 bridgehead atoms. The molecule has 20 heteroatoms. The first-order valence-corrected chi connectivity index (χ1v) is 25.5. The third-order valence-corrected chi connectivity index (χ3v) is 12.2. The monoisotopic (exact) mass is 1120 g/mol. The second-order valence-electron chi connectivity index (χ2n) is 17.7. The SMILES string of the molecule is C=C(C(=O)NC)c1ccccc1/C=N/OC(C)c1cccc(C)c1.C=C(C1=NOCCO1)c1ccccc1Oc1ncnc(Oc2ccccc2Cl)c1F.COc1nn(C)c(=O)n1-c1ccccc1CO/N=C(\C)c1cccc(C)c1. The summed E-state index contributed by atoms with van der Waals surface area (Å²) in [4.78, 5) is 48.0. The molecule has 1 amide bonds. The molecular formula is C61H59ClFN9O9. The molecule has 0 saturated carbocycles. The molecule has 8 aromatic rings. The van der Waals surface area contributed by atoms with Gasteiger partial charge >= 0.3 is 11.7 Å². The Kier molecular flexibility index (Phi) is 20.8. The molecule has 1 aliphatic heterocycles. The van der Waals surface area contributed by atoms with Crippen LogP contribution in [0.15, 0.2) is 185 Å². The van der Waals surface area contributed by atoms with Crippen LogP contribution in [-0.4, -0.2) is 75.4 Å². The number of carbonyl (C=O) groups is 1. The number of para-hydroxylation sites is 3. The van der Waals surface area contributed by atoms with E-state index in [1.54, 1.807) is 68.8 Å². The Balaban J connectivity index is 0.000000176. The molecule has 6 aromatic carbocycles. The number of ether oxygens (including phenoxy) is 4. The maximum absolute atomic E-state index is 15.0. The zero-order valence-corrected chi connectivity index (χ0v) is 46.4. The van der Waals surface area contributed by atoms with Crippen LogP contribution in [0.3, 0.4) is 0 Å². The minimum atomic E-state index is -0.882. The van der Waals surface area contributed by atoms with Gasteiger partial charge in [-0.15, -0.1) is 5.10 Å². The summed E-state index contributed by atoms with van der Waals surface area (Å²) in [6, 6.07) is 44.8. The number of nitrogens with zero attached hydrogens (tertiary/aromatic N) is 8. The number of nitrogens with one attached hydrogen (secondary N) is 1. The first kappa shape index (κ1) is 58.8. The predicted octanol–water partition coefficient (Wildman–Crippen LogP) is 11.9. The number of methoxy groups -OCH3 is 1. The largest absolute Gasteiger partial charge is 0.471 e. The van der Waals surface area contributed by atoms with Gasteiger partial charge in [0.15, 0.2) is 6.61 Å². The number of carbonyl (C=O) groups excluding carboxylic acids is 1. The van der Waals surface area contributed by atoms with Crippen LogP contribution in [0.4, 0.5) is 4.39 Å². The van der Waals surface area contributed by atoms with Gasteiger partial charge in [-0.1, -0.05) is 168 Å². The minimum Gasteiger partial charge on any atom is -0.471 e. The number of rotatable bonds is 18. The summed E-state index contributed by atoms with van der Waals surface area (Å²) in [5.41, 5.74) is 9.22. The number of hydrogen-bond donors (Lipinski definition) is 1. The van der Waals surface area contributed by atoms with Gasteiger partial charge in [-0.05, 0) is 73.8 Å². The molecule has 0 radical (unpaired) electrons. The Morgan fingerprint density at radius 2 is 1.51 bits per heavy atom. The normalized spacial score (nSPS) is 12.2. The molecule has 416 valence electrons. The molecule has 1 aliphatic rings. The van der Waals surface area contributed by atoms with Crippen LogP contribution in [0.2, 0.25) is 5.02 Å². The van der Waals surface area contributed by atoms with E-state index >= 15 is 0 Å². The number of amides is 1. The van der Waals surface area contributed by atoms with Gasteiger partial charge in [0.05, 0.1) is 29.7 Å². The Labute approximate surface area is 473 Å². The molecule has 1 atom stereocenters. The van der Waals surface area contributed by atoms with E-state index in [4.69, 9.17) is 45.1 Å². The highest BCUT2D eigenvalue weighted by Crippen LogP contribution is 2.35. The second-order valence-corrected chi connectivity index (χ2v) is 18.1. The highest BCUT2D eigenvalue weighted by molar-refractivity contribution is 6.32. The van der Waals surface area contributed by atoms with Crippen LogP contribution in [0.1, 0.15) is 64.5 Å². The number of benzene rings is 6. The Bertz CT molecular complexity index is 3670. The molecule has 0 spiro atoms. The maximum atomic E-state index is 15.0. The number of hydrogen-bond acceptors (Lipinski definition) is 15. The third kappa shape index (κ3) is 15.7. The number of aryl methyl sites for hydroxylation is 3. The van der Waals surface area contributed by atoms with Gasteiger partial charge in [0.25, 0.3) is 23.6 Å². The molecule has 2 aromatic heterocycles. The molecule has 0 aliphatic carbocycles. The summed E-state index contributed by atoms with van der Waals surface area (Å²) in [7, 11) is 4.64. The maximum Gasteiger partial charge on any atom is 0.353 e. The number of likely N-dealkylation sites (N-methyl/N-ethyl adjacent to an activating group) is 1. The van der Waals surface area contributed by atoms with Crippen molar-refractivity contribution in [1.82, 2.24) is 29.6 Å². The van der Waals surface area contributed by atoms with E-state index in [1.807, 2.05) is 113 Å². The number of aromatic nitrogens is 5. The van der Waals surface area contributed by atoms with Crippen LogP contribution in [0, 0.1) is 19.7 Å². The number of halogens is 2. The fourth-order valence-electron chi connectivity index (χ4n) is 7.66. The lowest BCUT2D eigenvalue weighted by atomic mass is 10.0. The lowest BCUT2D eigenvalue weighted by Gasteiger charge is -2.17. The topological polar surface area (TPSA) is 196 Å². The average molecular weight is 1120 g/mol. The van der Waals surface area contributed by atoms with Crippen LogP contribution in [-0.2, 0) is 37.7 Å². The Morgan fingerprint density at radius 3 is 2.20 bits per heavy atom. The van der Waals surface area contributed by atoms with Crippen molar-refractivity contribution < 1.29 is 42.6 Å². The zero-order valence-electron chi connectivity index (χ0n) is 45.6. The molecule has 1 N–H and O–H groups in total. The smallest absolute Gasteiger partial charge is 0.353 e.